The van der Waals surface area contributed by atoms with Gasteiger partial charge in [-0.3, -0.25) is 4.90 Å². The minimum Gasteiger partial charge on any atom is -0.330 e. The van der Waals surface area contributed by atoms with Gasteiger partial charge in [-0.1, -0.05) is 0 Å². The summed E-state index contributed by atoms with van der Waals surface area (Å²) in [7, 11) is 0. The third-order valence-corrected chi connectivity index (χ3v) is 5.34. The summed E-state index contributed by atoms with van der Waals surface area (Å²) in [6.07, 6.45) is 10.9. The summed E-state index contributed by atoms with van der Waals surface area (Å²) in [4.78, 5) is 7.16. The second-order valence-electron chi connectivity index (χ2n) is 6.37. The van der Waals surface area contributed by atoms with E-state index in [4.69, 9.17) is 0 Å². The van der Waals surface area contributed by atoms with E-state index in [1.165, 1.54) is 57.4 Å². The first-order valence-electron chi connectivity index (χ1n) is 7.90. The minimum absolute atomic E-state index is 0.673. The zero-order chi connectivity index (χ0) is 12.7. The van der Waals surface area contributed by atoms with Crippen LogP contribution in [0.4, 0.5) is 0 Å². The Labute approximate surface area is 115 Å². The van der Waals surface area contributed by atoms with Crippen molar-refractivity contribution >= 4 is 0 Å². The first kappa shape index (κ1) is 11.9. The molecule has 3 aliphatic heterocycles. The molecule has 0 radical (unpaired) electrons. The Bertz CT molecular complexity index is 435. The lowest BCUT2D eigenvalue weighted by Gasteiger charge is -2.28. The lowest BCUT2D eigenvalue weighted by atomic mass is 9.95. The van der Waals surface area contributed by atoms with Gasteiger partial charge in [-0.2, -0.15) is 0 Å². The monoisotopic (exact) mass is 260 g/mol. The molecule has 0 bridgehead atoms. The van der Waals surface area contributed by atoms with E-state index in [1.807, 2.05) is 0 Å². The molecule has 3 fully saturated rings. The van der Waals surface area contributed by atoms with E-state index in [1.54, 1.807) is 0 Å². The highest BCUT2D eigenvalue weighted by Gasteiger charge is 2.39. The first-order chi connectivity index (χ1) is 9.43. The normalized spacial score (nSPS) is 35.7. The summed E-state index contributed by atoms with van der Waals surface area (Å²) < 4.78 is 2.52. The molecule has 104 valence electrons. The number of nitrogens with one attached hydrogen (secondary N) is 1. The third-order valence-electron chi connectivity index (χ3n) is 5.34. The summed E-state index contributed by atoms with van der Waals surface area (Å²) in [6.45, 7) is 4.92. The molecule has 0 aliphatic carbocycles. The van der Waals surface area contributed by atoms with Gasteiger partial charge in [0.2, 0.25) is 0 Å². The van der Waals surface area contributed by atoms with Gasteiger partial charge in [0.15, 0.2) is 0 Å². The lowest BCUT2D eigenvalue weighted by Crippen LogP contribution is -2.32. The molecule has 4 rings (SSSR count). The van der Waals surface area contributed by atoms with Crippen LogP contribution in [0.2, 0.25) is 0 Å². The van der Waals surface area contributed by atoms with Crippen LogP contribution in [0.15, 0.2) is 12.5 Å². The topological polar surface area (TPSA) is 33.1 Å². The molecule has 0 saturated carbocycles. The van der Waals surface area contributed by atoms with Crippen molar-refractivity contribution in [3.63, 3.8) is 0 Å². The number of hydrogen-bond donors (Lipinski definition) is 1. The quantitative estimate of drug-likeness (QED) is 0.879. The number of rotatable bonds is 2. The van der Waals surface area contributed by atoms with Gasteiger partial charge in [0.1, 0.15) is 0 Å². The van der Waals surface area contributed by atoms with E-state index in [-0.39, 0.29) is 0 Å². The SMILES string of the molecule is c1ncn(C2CCN3CCCC23)c1C1CCCNC1. The fourth-order valence-corrected chi connectivity index (χ4v) is 4.39. The number of hydrogen-bond acceptors (Lipinski definition) is 3. The van der Waals surface area contributed by atoms with Gasteiger partial charge in [-0.25, -0.2) is 4.98 Å². The molecule has 3 saturated heterocycles. The van der Waals surface area contributed by atoms with Crippen LogP contribution in [-0.4, -0.2) is 46.7 Å². The van der Waals surface area contributed by atoms with Crippen molar-refractivity contribution in [2.75, 3.05) is 26.2 Å². The van der Waals surface area contributed by atoms with Crippen LogP contribution >= 0.6 is 0 Å². The third kappa shape index (κ3) is 2.01. The van der Waals surface area contributed by atoms with Crippen molar-refractivity contribution < 1.29 is 0 Å². The molecule has 4 nitrogen and oxygen atoms in total. The Balaban J connectivity index is 1.59. The molecular formula is C15H24N4. The van der Waals surface area contributed by atoms with Gasteiger partial charge in [-0.05, 0) is 45.2 Å². The molecule has 4 heteroatoms. The van der Waals surface area contributed by atoms with E-state index in [0.29, 0.717) is 12.0 Å². The first-order valence-corrected chi connectivity index (χ1v) is 7.90. The number of imidazole rings is 1. The predicted molar refractivity (Wildman–Crippen MR) is 75.3 cm³/mol. The van der Waals surface area contributed by atoms with Crippen LogP contribution in [0.3, 0.4) is 0 Å². The minimum atomic E-state index is 0.673. The zero-order valence-corrected chi connectivity index (χ0v) is 11.6. The smallest absolute Gasteiger partial charge is 0.0951 e. The van der Waals surface area contributed by atoms with Gasteiger partial charge in [0.25, 0.3) is 0 Å². The molecule has 19 heavy (non-hydrogen) atoms. The van der Waals surface area contributed by atoms with Gasteiger partial charge in [-0.15, -0.1) is 0 Å². The summed E-state index contributed by atoms with van der Waals surface area (Å²) in [5.41, 5.74) is 1.48. The Morgan fingerprint density at radius 1 is 1.11 bits per heavy atom. The summed E-state index contributed by atoms with van der Waals surface area (Å²) in [5.74, 6) is 0.673. The van der Waals surface area contributed by atoms with Crippen molar-refractivity contribution in [3.05, 3.63) is 18.2 Å². The van der Waals surface area contributed by atoms with E-state index < -0.39 is 0 Å². The molecule has 4 heterocycles. The maximum absolute atomic E-state index is 4.47. The number of aromatic nitrogens is 2. The molecule has 0 aromatic carbocycles. The molecule has 1 N–H and O–H groups in total. The fraction of sp³-hybridized carbons (Fsp3) is 0.800. The summed E-state index contributed by atoms with van der Waals surface area (Å²) >= 11 is 0. The molecule has 1 aromatic rings. The van der Waals surface area contributed by atoms with Crippen LogP contribution in [0, 0.1) is 0 Å². The summed E-state index contributed by atoms with van der Waals surface area (Å²) in [5, 5.41) is 3.54. The van der Waals surface area contributed by atoms with E-state index >= 15 is 0 Å². The summed E-state index contributed by atoms with van der Waals surface area (Å²) in [6, 6.07) is 1.46. The van der Waals surface area contributed by atoms with Crippen molar-refractivity contribution in [2.24, 2.45) is 0 Å². The zero-order valence-electron chi connectivity index (χ0n) is 11.6. The predicted octanol–water partition coefficient (Wildman–Crippen LogP) is 1.76. The second kappa shape index (κ2) is 4.91. The average Bonchev–Trinajstić information content (AvgIpc) is 3.15. The second-order valence-corrected chi connectivity index (χ2v) is 6.37. The van der Waals surface area contributed by atoms with Gasteiger partial charge in [0.05, 0.1) is 12.4 Å². The van der Waals surface area contributed by atoms with E-state index in [9.17, 15) is 0 Å². The van der Waals surface area contributed by atoms with Crippen molar-refractivity contribution in [1.82, 2.24) is 19.8 Å². The van der Waals surface area contributed by atoms with Gasteiger partial charge < -0.3 is 9.88 Å². The maximum Gasteiger partial charge on any atom is 0.0951 e. The van der Waals surface area contributed by atoms with Crippen molar-refractivity contribution in [1.29, 1.82) is 0 Å². The van der Waals surface area contributed by atoms with Gasteiger partial charge >= 0.3 is 0 Å². The number of fused-ring (bicyclic) bond motifs is 1. The number of piperidine rings is 1. The average molecular weight is 260 g/mol. The maximum atomic E-state index is 4.47. The van der Waals surface area contributed by atoms with Crippen LogP contribution in [-0.2, 0) is 0 Å². The Hall–Kier alpha value is -0.870. The van der Waals surface area contributed by atoms with Crippen molar-refractivity contribution in [2.45, 2.75) is 50.1 Å². The van der Waals surface area contributed by atoms with E-state index in [2.05, 4.69) is 32.3 Å². The fourth-order valence-electron chi connectivity index (χ4n) is 4.39. The molecule has 3 unspecified atom stereocenters. The Kier molecular flexibility index (Phi) is 3.08. The Morgan fingerprint density at radius 2 is 2.11 bits per heavy atom. The van der Waals surface area contributed by atoms with Crippen LogP contribution in [0.25, 0.3) is 0 Å². The molecule has 0 amide bonds. The largest absolute Gasteiger partial charge is 0.330 e. The lowest BCUT2D eigenvalue weighted by molar-refractivity contribution is 0.285. The van der Waals surface area contributed by atoms with Gasteiger partial charge in [0, 0.05) is 36.9 Å². The highest BCUT2D eigenvalue weighted by atomic mass is 15.3. The molecule has 3 atom stereocenters. The van der Waals surface area contributed by atoms with Crippen LogP contribution in [0.1, 0.15) is 49.8 Å². The standard InChI is InChI=1S/C15H24N4/c1-3-12(9-16-6-1)15-10-17-11-19(15)14-5-8-18-7-2-4-13(14)18/h10-14,16H,1-9H2. The highest BCUT2D eigenvalue weighted by Crippen LogP contribution is 2.38. The molecule has 1 aromatic heterocycles. The van der Waals surface area contributed by atoms with E-state index in [0.717, 1.165) is 12.6 Å². The Morgan fingerprint density at radius 3 is 3.00 bits per heavy atom. The van der Waals surface area contributed by atoms with Crippen molar-refractivity contribution in [3.8, 4) is 0 Å². The van der Waals surface area contributed by atoms with Crippen LogP contribution < -0.4 is 5.32 Å². The highest BCUT2D eigenvalue weighted by molar-refractivity contribution is 5.12. The molecule has 0 spiro atoms. The van der Waals surface area contributed by atoms with Crippen LogP contribution in [0.5, 0.6) is 0 Å². The molecule has 3 aliphatic rings. The number of nitrogens with zero attached hydrogens (tertiary/aromatic N) is 3. The molecular weight excluding hydrogens is 236 g/mol.